The number of likely N-dealkylation sites (tertiary alicyclic amines) is 1. The van der Waals surface area contributed by atoms with Crippen LogP contribution in [0.3, 0.4) is 0 Å². The van der Waals surface area contributed by atoms with Crippen LogP contribution in [0.2, 0.25) is 0 Å². The monoisotopic (exact) mass is 254 g/mol. The minimum Gasteiger partial charge on any atom is -0.450 e. The Balaban J connectivity index is 1.53. The zero-order chi connectivity index (χ0) is 12.8. The third-order valence-corrected chi connectivity index (χ3v) is 3.94. The topological polar surface area (TPSA) is 41.6 Å². The lowest BCUT2D eigenvalue weighted by Gasteiger charge is -2.31. The van der Waals surface area contributed by atoms with Crippen LogP contribution in [-0.4, -0.2) is 43.3 Å². The van der Waals surface area contributed by atoms with Gasteiger partial charge in [-0.1, -0.05) is 12.8 Å². The first-order valence-electron chi connectivity index (χ1n) is 7.44. The molecule has 1 N–H and O–H groups in total. The van der Waals surface area contributed by atoms with Gasteiger partial charge in [0.15, 0.2) is 0 Å². The number of ether oxygens (including phenoxy) is 1. The maximum Gasteiger partial charge on any atom is 0.409 e. The van der Waals surface area contributed by atoms with Crippen LogP contribution in [0.15, 0.2) is 0 Å². The van der Waals surface area contributed by atoms with Crippen molar-refractivity contribution in [2.45, 2.75) is 51.5 Å². The molecule has 0 radical (unpaired) electrons. The number of amides is 1. The van der Waals surface area contributed by atoms with Crippen molar-refractivity contribution >= 4 is 6.09 Å². The van der Waals surface area contributed by atoms with Gasteiger partial charge in [0.25, 0.3) is 0 Å². The van der Waals surface area contributed by atoms with E-state index in [-0.39, 0.29) is 6.09 Å². The lowest BCUT2D eigenvalue weighted by molar-refractivity contribution is 0.0951. The highest BCUT2D eigenvalue weighted by Crippen LogP contribution is 2.33. The smallest absolute Gasteiger partial charge is 0.409 e. The number of rotatable bonds is 6. The molecule has 0 aromatic rings. The van der Waals surface area contributed by atoms with Gasteiger partial charge in [-0.05, 0) is 45.1 Å². The summed E-state index contributed by atoms with van der Waals surface area (Å²) in [6, 6.07) is 0.592. The Morgan fingerprint density at radius 1 is 1.28 bits per heavy atom. The van der Waals surface area contributed by atoms with Gasteiger partial charge < -0.3 is 15.0 Å². The highest BCUT2D eigenvalue weighted by atomic mass is 16.6. The Morgan fingerprint density at radius 2 is 2.00 bits per heavy atom. The molecule has 0 atom stereocenters. The van der Waals surface area contributed by atoms with E-state index in [1.54, 1.807) is 0 Å². The molecule has 0 bridgehead atoms. The van der Waals surface area contributed by atoms with E-state index in [9.17, 15) is 4.79 Å². The summed E-state index contributed by atoms with van der Waals surface area (Å²) in [4.78, 5) is 13.4. The molecule has 104 valence electrons. The fourth-order valence-electron chi connectivity index (χ4n) is 2.58. The van der Waals surface area contributed by atoms with Crippen LogP contribution in [0, 0.1) is 5.92 Å². The van der Waals surface area contributed by atoms with Crippen LogP contribution in [0.5, 0.6) is 0 Å². The van der Waals surface area contributed by atoms with Gasteiger partial charge in [-0.2, -0.15) is 0 Å². The summed E-state index contributed by atoms with van der Waals surface area (Å²) in [7, 11) is 0. The van der Waals surface area contributed by atoms with Gasteiger partial charge in [-0.15, -0.1) is 0 Å². The standard InChI is InChI=1S/C14H26N2O2/c1-2-18-14(17)16-10-7-13(8-11-16)15-9-3-4-12-5-6-12/h12-13,15H,2-11H2,1H3. The van der Waals surface area contributed by atoms with Crippen molar-refractivity contribution in [3.05, 3.63) is 0 Å². The minimum atomic E-state index is -0.148. The fraction of sp³-hybridized carbons (Fsp3) is 0.929. The van der Waals surface area contributed by atoms with Gasteiger partial charge in [0.05, 0.1) is 6.61 Å². The van der Waals surface area contributed by atoms with Crippen LogP contribution in [-0.2, 0) is 4.74 Å². The number of piperidine rings is 1. The quantitative estimate of drug-likeness (QED) is 0.740. The fourth-order valence-corrected chi connectivity index (χ4v) is 2.58. The van der Waals surface area contributed by atoms with Crippen molar-refractivity contribution in [1.82, 2.24) is 10.2 Å². The number of carbonyl (C=O) groups excluding carboxylic acids is 1. The maximum absolute atomic E-state index is 11.5. The molecule has 2 rings (SSSR count). The van der Waals surface area contributed by atoms with Crippen LogP contribution in [0.4, 0.5) is 4.79 Å². The molecule has 2 aliphatic rings. The van der Waals surface area contributed by atoms with Crippen molar-refractivity contribution in [3.63, 3.8) is 0 Å². The molecule has 0 aromatic carbocycles. The van der Waals surface area contributed by atoms with E-state index in [0.717, 1.165) is 38.4 Å². The molecular weight excluding hydrogens is 228 g/mol. The third kappa shape index (κ3) is 4.48. The summed E-state index contributed by atoms with van der Waals surface area (Å²) in [5.41, 5.74) is 0. The predicted octanol–water partition coefficient (Wildman–Crippen LogP) is 2.39. The molecule has 0 unspecified atom stereocenters. The van der Waals surface area contributed by atoms with E-state index in [4.69, 9.17) is 4.74 Å². The Labute approximate surface area is 110 Å². The SMILES string of the molecule is CCOC(=O)N1CCC(NCCCC2CC2)CC1. The molecule has 2 fully saturated rings. The summed E-state index contributed by atoms with van der Waals surface area (Å²) >= 11 is 0. The second kappa shape index (κ2) is 6.98. The van der Waals surface area contributed by atoms with Gasteiger partial charge in [0, 0.05) is 19.1 Å². The van der Waals surface area contributed by atoms with Crippen LogP contribution in [0.1, 0.15) is 45.4 Å². The number of carbonyl (C=O) groups is 1. The summed E-state index contributed by atoms with van der Waals surface area (Å²) in [5.74, 6) is 1.04. The Morgan fingerprint density at radius 3 is 2.61 bits per heavy atom. The van der Waals surface area contributed by atoms with Gasteiger partial charge in [-0.25, -0.2) is 4.79 Å². The van der Waals surface area contributed by atoms with Gasteiger partial charge in [-0.3, -0.25) is 0 Å². The Bertz CT molecular complexity index is 259. The third-order valence-electron chi connectivity index (χ3n) is 3.94. The second-order valence-corrected chi connectivity index (χ2v) is 5.50. The largest absolute Gasteiger partial charge is 0.450 e. The molecule has 18 heavy (non-hydrogen) atoms. The molecule has 1 heterocycles. The number of hydrogen-bond donors (Lipinski definition) is 1. The first-order chi connectivity index (χ1) is 8.79. The molecule has 0 spiro atoms. The molecule has 1 saturated carbocycles. The molecule has 1 saturated heterocycles. The van der Waals surface area contributed by atoms with Crippen molar-refractivity contribution in [2.75, 3.05) is 26.2 Å². The highest BCUT2D eigenvalue weighted by molar-refractivity contribution is 5.67. The second-order valence-electron chi connectivity index (χ2n) is 5.50. The van der Waals surface area contributed by atoms with Gasteiger partial charge >= 0.3 is 6.09 Å². The van der Waals surface area contributed by atoms with E-state index in [2.05, 4.69) is 5.32 Å². The lowest BCUT2D eigenvalue weighted by Crippen LogP contribution is -2.45. The van der Waals surface area contributed by atoms with E-state index < -0.39 is 0 Å². The molecule has 4 heteroatoms. The zero-order valence-corrected chi connectivity index (χ0v) is 11.5. The van der Waals surface area contributed by atoms with Crippen molar-refractivity contribution < 1.29 is 9.53 Å². The van der Waals surface area contributed by atoms with Crippen molar-refractivity contribution in [1.29, 1.82) is 0 Å². The molecule has 4 nitrogen and oxygen atoms in total. The maximum atomic E-state index is 11.5. The van der Waals surface area contributed by atoms with Gasteiger partial charge in [0.1, 0.15) is 0 Å². The summed E-state index contributed by atoms with van der Waals surface area (Å²) in [5, 5.41) is 3.62. The van der Waals surface area contributed by atoms with E-state index in [0.29, 0.717) is 12.6 Å². The molecule has 0 aromatic heterocycles. The molecule has 1 aliphatic heterocycles. The number of nitrogens with zero attached hydrogens (tertiary/aromatic N) is 1. The molecular formula is C14H26N2O2. The number of nitrogens with one attached hydrogen (secondary N) is 1. The first kappa shape index (κ1) is 13.7. The average molecular weight is 254 g/mol. The highest BCUT2D eigenvalue weighted by Gasteiger charge is 2.23. The first-order valence-corrected chi connectivity index (χ1v) is 7.44. The van der Waals surface area contributed by atoms with Crippen LogP contribution < -0.4 is 5.32 Å². The minimum absolute atomic E-state index is 0.148. The van der Waals surface area contributed by atoms with Crippen LogP contribution in [0.25, 0.3) is 0 Å². The molecule has 1 amide bonds. The van der Waals surface area contributed by atoms with Crippen molar-refractivity contribution in [2.24, 2.45) is 5.92 Å². The van der Waals surface area contributed by atoms with Crippen LogP contribution >= 0.6 is 0 Å². The summed E-state index contributed by atoms with van der Waals surface area (Å²) in [6.45, 7) is 5.13. The predicted molar refractivity (Wildman–Crippen MR) is 71.6 cm³/mol. The summed E-state index contributed by atoms with van der Waals surface area (Å²) < 4.78 is 5.01. The van der Waals surface area contributed by atoms with E-state index in [1.165, 1.54) is 25.7 Å². The average Bonchev–Trinajstić information content (AvgIpc) is 3.20. The van der Waals surface area contributed by atoms with E-state index in [1.807, 2.05) is 11.8 Å². The zero-order valence-electron chi connectivity index (χ0n) is 11.5. The molecule has 1 aliphatic carbocycles. The summed E-state index contributed by atoms with van der Waals surface area (Å²) in [6.07, 6.45) is 7.59. The Hall–Kier alpha value is -0.770. The van der Waals surface area contributed by atoms with Crippen molar-refractivity contribution in [3.8, 4) is 0 Å². The number of hydrogen-bond acceptors (Lipinski definition) is 3. The lowest BCUT2D eigenvalue weighted by atomic mass is 10.1. The Kier molecular flexibility index (Phi) is 5.29. The van der Waals surface area contributed by atoms with E-state index >= 15 is 0 Å². The normalized spacial score (nSPS) is 21.1. The van der Waals surface area contributed by atoms with Gasteiger partial charge in [0.2, 0.25) is 0 Å².